The summed E-state index contributed by atoms with van der Waals surface area (Å²) >= 11 is -2.63. The van der Waals surface area contributed by atoms with Crippen LogP contribution in [0.4, 0.5) is 0 Å². The van der Waals surface area contributed by atoms with Gasteiger partial charge in [0.1, 0.15) is 0 Å². The number of carbonyl (C=O) groups is 1. The number of rotatable bonds is 12. The van der Waals surface area contributed by atoms with Crippen LogP contribution in [0.5, 0.6) is 0 Å². The van der Waals surface area contributed by atoms with E-state index in [-0.39, 0.29) is 5.97 Å². The summed E-state index contributed by atoms with van der Waals surface area (Å²) in [5.41, 5.74) is 0.412. The normalized spacial score (nSPS) is 12.5. The molecule has 0 aromatic rings. The van der Waals surface area contributed by atoms with Crippen molar-refractivity contribution in [3.8, 4) is 0 Å². The van der Waals surface area contributed by atoms with Crippen molar-refractivity contribution in [2.75, 3.05) is 0 Å². The van der Waals surface area contributed by atoms with Crippen molar-refractivity contribution >= 4 is 24.8 Å². The second-order valence-corrected chi connectivity index (χ2v) is 19.6. The van der Waals surface area contributed by atoms with Crippen molar-refractivity contribution in [1.82, 2.24) is 0 Å². The van der Waals surface area contributed by atoms with Gasteiger partial charge in [-0.15, -0.1) is 0 Å². The number of carbonyl (C=O) groups excluding carboxylic acids is 1. The molecule has 0 spiro atoms. The van der Waals surface area contributed by atoms with E-state index in [1.54, 1.807) is 0 Å². The van der Waals surface area contributed by atoms with Gasteiger partial charge in [0.05, 0.1) is 0 Å². The molecule has 0 aromatic carbocycles. The van der Waals surface area contributed by atoms with Gasteiger partial charge < -0.3 is 0 Å². The molecule has 0 saturated carbocycles. The van der Waals surface area contributed by atoms with Gasteiger partial charge in [0.25, 0.3) is 0 Å². The van der Waals surface area contributed by atoms with E-state index in [2.05, 4.69) is 41.5 Å². The van der Waals surface area contributed by atoms with Crippen molar-refractivity contribution in [3.05, 3.63) is 0 Å². The maximum atomic E-state index is 12.3. The summed E-state index contributed by atoms with van der Waals surface area (Å²) in [5.74, 6) is 0.113. The summed E-state index contributed by atoms with van der Waals surface area (Å²) < 4.78 is 9.82. The Morgan fingerprint density at radius 2 is 1.36 bits per heavy atom. The molecular formula is C19H40O2Sn. The molecule has 0 saturated heterocycles. The van der Waals surface area contributed by atoms with Crippen LogP contribution in [0.15, 0.2) is 0 Å². The van der Waals surface area contributed by atoms with Crippen LogP contribution < -0.4 is 0 Å². The van der Waals surface area contributed by atoms with Crippen LogP contribution in [-0.4, -0.2) is 24.8 Å². The Bertz CT molecular complexity index is 277. The molecule has 2 nitrogen and oxygen atoms in total. The molecule has 0 N–H and O–H groups in total. The fourth-order valence-corrected chi connectivity index (χ4v) is 15.8. The molecule has 132 valence electrons. The third-order valence-corrected chi connectivity index (χ3v) is 18.2. The van der Waals surface area contributed by atoms with Gasteiger partial charge in [-0.25, -0.2) is 0 Å². The molecule has 0 aliphatic carbocycles. The van der Waals surface area contributed by atoms with E-state index in [4.69, 9.17) is 3.07 Å². The van der Waals surface area contributed by atoms with Crippen LogP contribution in [0.3, 0.4) is 0 Å². The van der Waals surface area contributed by atoms with Crippen LogP contribution in [-0.2, 0) is 7.87 Å². The predicted molar refractivity (Wildman–Crippen MR) is 99.7 cm³/mol. The summed E-state index contributed by atoms with van der Waals surface area (Å²) in [5, 5.41) is 0. The Morgan fingerprint density at radius 3 is 1.77 bits per heavy atom. The van der Waals surface area contributed by atoms with Crippen LogP contribution >= 0.6 is 0 Å². The molecule has 0 amide bonds. The quantitative estimate of drug-likeness (QED) is 0.260. The van der Waals surface area contributed by atoms with E-state index >= 15 is 0 Å². The third-order valence-electron chi connectivity index (χ3n) is 4.25. The van der Waals surface area contributed by atoms with Crippen molar-refractivity contribution in [3.63, 3.8) is 0 Å². The summed E-state index contributed by atoms with van der Waals surface area (Å²) in [6, 6.07) is 0. The molecule has 0 bridgehead atoms. The van der Waals surface area contributed by atoms with Crippen molar-refractivity contribution in [2.45, 2.75) is 106 Å². The number of hydrogen-bond donors (Lipinski definition) is 0. The summed E-state index contributed by atoms with van der Waals surface area (Å²) in [6.45, 7) is 13.5. The third kappa shape index (κ3) is 10.9. The van der Waals surface area contributed by atoms with Gasteiger partial charge in [0.2, 0.25) is 0 Å². The monoisotopic (exact) mass is 420 g/mol. The Labute approximate surface area is 144 Å². The second kappa shape index (κ2) is 11.8. The minimum atomic E-state index is -2.63. The zero-order valence-electron chi connectivity index (χ0n) is 16.1. The average molecular weight is 419 g/mol. The van der Waals surface area contributed by atoms with Crippen molar-refractivity contribution in [2.24, 2.45) is 5.41 Å². The predicted octanol–water partition coefficient (Wildman–Crippen LogP) is 6.70. The first kappa shape index (κ1) is 22.3. The minimum absolute atomic E-state index is 0.113. The standard InChI is InChI=1S/C10H20O2.3C3H7.Sn/c1-10(2,3)8-6-4-5-7-9(11)12;3*1-3-2;/h4-8H2,1-3H3,(H,11,12);3*1,3H2,2H3;/q;;;;+1/p-1. The molecule has 3 heteroatoms. The fourth-order valence-electron chi connectivity index (χ4n) is 3.29. The Balaban J connectivity index is 4.21. The Morgan fingerprint density at radius 1 is 0.864 bits per heavy atom. The van der Waals surface area contributed by atoms with E-state index in [0.29, 0.717) is 11.8 Å². The van der Waals surface area contributed by atoms with Gasteiger partial charge in [-0.1, -0.05) is 0 Å². The average Bonchev–Trinajstić information content (AvgIpc) is 2.37. The second-order valence-electron chi connectivity index (χ2n) is 8.03. The Kier molecular flexibility index (Phi) is 11.9. The van der Waals surface area contributed by atoms with E-state index in [9.17, 15) is 4.79 Å². The maximum absolute atomic E-state index is 12.3. The molecule has 0 aliphatic heterocycles. The van der Waals surface area contributed by atoms with E-state index in [1.165, 1.54) is 45.4 Å². The molecule has 0 unspecified atom stereocenters. The van der Waals surface area contributed by atoms with Crippen LogP contribution in [0.1, 0.15) is 92.9 Å². The van der Waals surface area contributed by atoms with Gasteiger partial charge in [0, 0.05) is 0 Å². The molecule has 0 aliphatic rings. The molecule has 0 aromatic heterocycles. The van der Waals surface area contributed by atoms with E-state index in [1.807, 2.05) is 0 Å². The number of hydrogen-bond acceptors (Lipinski definition) is 2. The zero-order chi connectivity index (χ0) is 17.1. The molecule has 22 heavy (non-hydrogen) atoms. The van der Waals surface area contributed by atoms with E-state index in [0.717, 1.165) is 12.8 Å². The van der Waals surface area contributed by atoms with Gasteiger partial charge in [-0.2, -0.15) is 0 Å². The molecule has 0 fully saturated rings. The molecule has 0 rings (SSSR count). The molecular weight excluding hydrogens is 379 g/mol. The van der Waals surface area contributed by atoms with Crippen LogP contribution in [0, 0.1) is 5.41 Å². The fraction of sp³-hybridized carbons (Fsp3) is 0.947. The molecule has 0 heterocycles. The molecule has 0 atom stereocenters. The van der Waals surface area contributed by atoms with Gasteiger partial charge >= 0.3 is 144 Å². The number of unbranched alkanes of at least 4 members (excludes halogenated alkanes) is 2. The van der Waals surface area contributed by atoms with Crippen molar-refractivity contribution < 1.29 is 7.87 Å². The van der Waals surface area contributed by atoms with E-state index < -0.39 is 18.8 Å². The summed E-state index contributed by atoms with van der Waals surface area (Å²) in [4.78, 5) is 12.3. The first-order chi connectivity index (χ1) is 10.3. The zero-order valence-corrected chi connectivity index (χ0v) is 18.9. The van der Waals surface area contributed by atoms with Gasteiger partial charge in [-0.3, -0.25) is 0 Å². The SMILES string of the molecule is CC[CH2][Sn]([CH2]CC)([CH2]CC)[O]C(=O)CCCCCC(C)(C)C. The molecule has 0 radical (unpaired) electrons. The summed E-state index contributed by atoms with van der Waals surface area (Å²) in [7, 11) is 0. The van der Waals surface area contributed by atoms with Gasteiger partial charge in [-0.05, 0) is 0 Å². The summed E-state index contributed by atoms with van der Waals surface area (Å²) in [6.07, 6.45) is 8.79. The Hall–Kier alpha value is 0.269. The first-order valence-electron chi connectivity index (χ1n) is 9.50. The van der Waals surface area contributed by atoms with Crippen LogP contribution in [0.25, 0.3) is 0 Å². The first-order valence-corrected chi connectivity index (χ1v) is 16.7. The van der Waals surface area contributed by atoms with Crippen LogP contribution in [0.2, 0.25) is 13.3 Å². The topological polar surface area (TPSA) is 26.3 Å². The van der Waals surface area contributed by atoms with Crippen molar-refractivity contribution in [1.29, 1.82) is 0 Å². The van der Waals surface area contributed by atoms with Gasteiger partial charge in [0.15, 0.2) is 0 Å².